The van der Waals surface area contributed by atoms with Crippen molar-refractivity contribution in [2.45, 2.75) is 0 Å². The molecule has 0 spiro atoms. The highest BCUT2D eigenvalue weighted by atomic mass is 31.2. The van der Waals surface area contributed by atoms with Crippen LogP contribution in [0.25, 0.3) is 0 Å². The van der Waals surface area contributed by atoms with Crippen LogP contribution in [0.1, 0.15) is 0 Å². The molecule has 3 saturated heterocycles. The molecule has 0 radical (unpaired) electrons. The first kappa shape index (κ1) is 17.1. The van der Waals surface area contributed by atoms with Crippen molar-refractivity contribution >= 4 is 13.6 Å². The summed E-state index contributed by atoms with van der Waals surface area (Å²) in [6.45, 7) is 6.43. The Morgan fingerprint density at radius 1 is 0.739 bits per heavy atom. The lowest BCUT2D eigenvalue weighted by Crippen LogP contribution is -2.52. The maximum atomic E-state index is 13.7. The van der Waals surface area contributed by atoms with Gasteiger partial charge in [-0.1, -0.05) is 0 Å². The van der Waals surface area contributed by atoms with E-state index in [1.807, 2.05) is 9.34 Å². The van der Waals surface area contributed by atoms with E-state index in [0.29, 0.717) is 78.9 Å². The van der Waals surface area contributed by atoms with Gasteiger partial charge in [0.25, 0.3) is 0 Å². The summed E-state index contributed by atoms with van der Waals surface area (Å²) < 4.78 is 33.4. The minimum absolute atomic E-state index is 0.283. The Morgan fingerprint density at radius 3 is 1.57 bits per heavy atom. The van der Waals surface area contributed by atoms with Crippen LogP contribution >= 0.6 is 7.59 Å². The summed E-state index contributed by atoms with van der Waals surface area (Å²) >= 11 is 0. The number of rotatable bonds is 3. The van der Waals surface area contributed by atoms with Crippen molar-refractivity contribution in [2.75, 3.05) is 78.9 Å². The monoisotopic (exact) mass is 348 g/mol. The van der Waals surface area contributed by atoms with Crippen molar-refractivity contribution in [3.05, 3.63) is 0 Å². The van der Waals surface area contributed by atoms with Crippen LogP contribution in [0, 0.1) is 0 Å². The summed E-state index contributed by atoms with van der Waals surface area (Å²) in [6, 6.07) is -0.283. The van der Waals surface area contributed by atoms with E-state index in [9.17, 15) is 9.36 Å². The van der Waals surface area contributed by atoms with Crippen molar-refractivity contribution in [1.82, 2.24) is 19.3 Å². The molecule has 132 valence electrons. The molecule has 3 heterocycles. The molecule has 3 aliphatic rings. The van der Waals surface area contributed by atoms with Gasteiger partial charge in [-0.15, -0.1) is 0 Å². The van der Waals surface area contributed by atoms with Crippen LogP contribution in [0.4, 0.5) is 4.79 Å². The first-order chi connectivity index (χ1) is 11.2. The molecule has 3 rings (SSSR count). The third-order valence-corrected chi connectivity index (χ3v) is 7.10. The maximum Gasteiger partial charge on any atom is 0.324 e. The van der Waals surface area contributed by atoms with Gasteiger partial charge in [0.05, 0.1) is 39.6 Å². The van der Waals surface area contributed by atoms with Crippen molar-refractivity contribution in [3.8, 4) is 0 Å². The van der Waals surface area contributed by atoms with E-state index < -0.39 is 7.59 Å². The Balaban J connectivity index is 1.73. The molecule has 3 fully saturated rings. The van der Waals surface area contributed by atoms with Crippen LogP contribution in [-0.2, 0) is 18.8 Å². The van der Waals surface area contributed by atoms with E-state index in [-0.39, 0.29) is 6.03 Å². The summed E-state index contributed by atoms with van der Waals surface area (Å²) in [6.07, 6.45) is 0. The van der Waals surface area contributed by atoms with Gasteiger partial charge in [-0.25, -0.2) is 14.1 Å². The molecule has 23 heavy (non-hydrogen) atoms. The number of carbonyl (C=O) groups is 1. The number of nitrogens with zero attached hydrogens (tertiary/aromatic N) is 3. The Hall–Kier alpha value is -0.700. The van der Waals surface area contributed by atoms with Gasteiger partial charge in [0, 0.05) is 39.3 Å². The zero-order chi connectivity index (χ0) is 16.1. The molecule has 2 amide bonds. The molecular formula is C13H25N4O5P. The number of morpholine rings is 3. The summed E-state index contributed by atoms with van der Waals surface area (Å²) in [4.78, 5) is 14.2. The zero-order valence-corrected chi connectivity index (χ0v) is 14.2. The number of nitrogens with one attached hydrogen (secondary N) is 1. The molecule has 0 bridgehead atoms. The van der Waals surface area contributed by atoms with Crippen LogP contribution in [0.15, 0.2) is 0 Å². The van der Waals surface area contributed by atoms with Crippen LogP contribution in [0.5, 0.6) is 0 Å². The second-order valence-electron chi connectivity index (χ2n) is 5.69. The predicted octanol–water partition coefficient (Wildman–Crippen LogP) is -0.199. The quantitative estimate of drug-likeness (QED) is 0.707. The van der Waals surface area contributed by atoms with Crippen LogP contribution in [0.3, 0.4) is 0 Å². The van der Waals surface area contributed by atoms with Crippen molar-refractivity contribution < 1.29 is 23.6 Å². The van der Waals surface area contributed by atoms with E-state index in [2.05, 4.69) is 5.09 Å². The second kappa shape index (κ2) is 7.92. The van der Waals surface area contributed by atoms with E-state index in [1.165, 1.54) is 0 Å². The molecule has 3 aliphatic heterocycles. The lowest BCUT2D eigenvalue weighted by atomic mass is 10.4. The second-order valence-corrected chi connectivity index (χ2v) is 8.14. The van der Waals surface area contributed by atoms with Gasteiger partial charge in [-0.05, 0) is 0 Å². The fraction of sp³-hybridized carbons (Fsp3) is 0.923. The van der Waals surface area contributed by atoms with Crippen LogP contribution in [-0.4, -0.2) is 99.2 Å². The summed E-state index contributed by atoms with van der Waals surface area (Å²) in [7, 11) is -3.17. The van der Waals surface area contributed by atoms with Crippen molar-refractivity contribution in [2.24, 2.45) is 0 Å². The van der Waals surface area contributed by atoms with E-state index in [1.54, 1.807) is 4.90 Å². The number of urea groups is 1. The normalized spacial score (nSPS) is 25.3. The van der Waals surface area contributed by atoms with Gasteiger partial charge < -0.3 is 19.1 Å². The molecule has 9 nitrogen and oxygen atoms in total. The van der Waals surface area contributed by atoms with Crippen molar-refractivity contribution in [1.29, 1.82) is 0 Å². The molecule has 0 unspecified atom stereocenters. The minimum Gasteiger partial charge on any atom is -0.379 e. The molecule has 0 aromatic carbocycles. The van der Waals surface area contributed by atoms with Gasteiger partial charge in [-0.2, -0.15) is 0 Å². The Labute approximate surface area is 136 Å². The maximum absolute atomic E-state index is 13.7. The van der Waals surface area contributed by atoms with E-state index in [4.69, 9.17) is 14.2 Å². The van der Waals surface area contributed by atoms with Crippen molar-refractivity contribution in [3.63, 3.8) is 0 Å². The average molecular weight is 348 g/mol. The first-order valence-corrected chi connectivity index (χ1v) is 9.73. The SMILES string of the molecule is O=C(NP(=O)(N1CCOCC1)N1CCOCC1)N1CCOCC1. The van der Waals surface area contributed by atoms with Gasteiger partial charge in [0.2, 0.25) is 0 Å². The number of carbonyl (C=O) groups excluding carboxylic acids is 1. The topological polar surface area (TPSA) is 83.6 Å². The largest absolute Gasteiger partial charge is 0.379 e. The van der Waals surface area contributed by atoms with Gasteiger partial charge in [-0.3, -0.25) is 9.65 Å². The third-order valence-electron chi connectivity index (χ3n) is 4.28. The standard InChI is InChI=1S/C13H25N4O5P/c18-13(15-1-7-20-8-2-15)14-23(19,16-3-9-21-10-4-16)17-5-11-22-12-6-17/h1-12H2,(H,14,18,19). The fourth-order valence-electron chi connectivity index (χ4n) is 2.93. The third kappa shape index (κ3) is 4.04. The van der Waals surface area contributed by atoms with Gasteiger partial charge in [0.15, 0.2) is 0 Å². The molecule has 0 saturated carbocycles. The number of hydrogen-bond donors (Lipinski definition) is 1. The Bertz CT molecular complexity index is 426. The molecule has 1 N–H and O–H groups in total. The van der Waals surface area contributed by atoms with E-state index >= 15 is 0 Å². The molecule has 0 aromatic rings. The lowest BCUT2D eigenvalue weighted by molar-refractivity contribution is 0.0474. The molecular weight excluding hydrogens is 323 g/mol. The number of ether oxygens (including phenoxy) is 3. The molecule has 10 heteroatoms. The summed E-state index contributed by atoms with van der Waals surface area (Å²) in [5, 5.41) is 2.83. The minimum atomic E-state index is -3.17. The molecule has 0 aromatic heterocycles. The van der Waals surface area contributed by atoms with Gasteiger partial charge in [0.1, 0.15) is 0 Å². The van der Waals surface area contributed by atoms with Gasteiger partial charge >= 0.3 is 13.6 Å². The fourth-order valence-corrected chi connectivity index (χ4v) is 5.37. The average Bonchev–Trinajstić information content (AvgIpc) is 2.64. The zero-order valence-electron chi connectivity index (χ0n) is 13.3. The highest BCUT2D eigenvalue weighted by molar-refractivity contribution is 7.57. The van der Waals surface area contributed by atoms with Crippen LogP contribution < -0.4 is 5.09 Å². The smallest absolute Gasteiger partial charge is 0.324 e. The predicted molar refractivity (Wildman–Crippen MR) is 83.3 cm³/mol. The number of amides is 2. The number of hydrogen-bond acceptors (Lipinski definition) is 5. The van der Waals surface area contributed by atoms with E-state index in [0.717, 1.165) is 0 Å². The van der Waals surface area contributed by atoms with Crippen LogP contribution in [0.2, 0.25) is 0 Å². The Morgan fingerprint density at radius 2 is 1.13 bits per heavy atom. The summed E-state index contributed by atoms with van der Waals surface area (Å²) in [5.41, 5.74) is 0. The first-order valence-electron chi connectivity index (χ1n) is 8.11. The highest BCUT2D eigenvalue weighted by Gasteiger charge is 2.41. The highest BCUT2D eigenvalue weighted by Crippen LogP contribution is 2.49. The summed E-state index contributed by atoms with van der Waals surface area (Å²) in [5.74, 6) is 0. The lowest BCUT2D eigenvalue weighted by Gasteiger charge is -2.42. The molecule has 0 aliphatic carbocycles. The molecule has 0 atom stereocenters. The Kier molecular flexibility index (Phi) is 5.90.